The minimum absolute atomic E-state index is 0.841. The van der Waals surface area contributed by atoms with E-state index in [0.717, 1.165) is 25.1 Å². The SMILES string of the molecule is C=NC1=C(CC)CCC=N1. The summed E-state index contributed by atoms with van der Waals surface area (Å²) in [5.41, 5.74) is 1.33. The Labute approximate surface area is 61.4 Å². The zero-order valence-electron chi connectivity index (χ0n) is 6.30. The minimum Gasteiger partial charge on any atom is -0.245 e. The molecule has 1 rings (SSSR count). The van der Waals surface area contributed by atoms with Gasteiger partial charge in [0.2, 0.25) is 0 Å². The Morgan fingerprint density at radius 1 is 1.80 bits per heavy atom. The first kappa shape index (κ1) is 7.19. The lowest BCUT2D eigenvalue weighted by Crippen LogP contribution is -1.94. The Morgan fingerprint density at radius 3 is 3.10 bits per heavy atom. The summed E-state index contributed by atoms with van der Waals surface area (Å²) in [4.78, 5) is 7.96. The van der Waals surface area contributed by atoms with Gasteiger partial charge in [0.25, 0.3) is 0 Å². The highest BCUT2D eigenvalue weighted by Crippen LogP contribution is 2.19. The maximum atomic E-state index is 4.13. The molecule has 2 nitrogen and oxygen atoms in total. The van der Waals surface area contributed by atoms with Crippen LogP contribution in [0.2, 0.25) is 0 Å². The molecule has 0 saturated heterocycles. The third-order valence-corrected chi connectivity index (χ3v) is 1.68. The Morgan fingerprint density at radius 2 is 2.60 bits per heavy atom. The van der Waals surface area contributed by atoms with Crippen molar-refractivity contribution in [3.8, 4) is 0 Å². The van der Waals surface area contributed by atoms with Crippen LogP contribution >= 0.6 is 0 Å². The quantitative estimate of drug-likeness (QED) is 0.520. The Hall–Kier alpha value is -0.920. The van der Waals surface area contributed by atoms with Crippen molar-refractivity contribution in [3.05, 3.63) is 11.4 Å². The van der Waals surface area contributed by atoms with Crippen molar-refractivity contribution in [2.45, 2.75) is 26.2 Å². The molecule has 0 saturated carbocycles. The summed E-state index contributed by atoms with van der Waals surface area (Å²) in [6, 6.07) is 0. The first-order chi connectivity index (χ1) is 4.88. The molecule has 0 atom stereocenters. The van der Waals surface area contributed by atoms with Crippen molar-refractivity contribution in [3.63, 3.8) is 0 Å². The number of rotatable bonds is 2. The predicted molar refractivity (Wildman–Crippen MR) is 44.6 cm³/mol. The molecule has 0 radical (unpaired) electrons. The monoisotopic (exact) mass is 136 g/mol. The van der Waals surface area contributed by atoms with Crippen LogP contribution in [0.25, 0.3) is 0 Å². The molecule has 54 valence electrons. The average molecular weight is 136 g/mol. The van der Waals surface area contributed by atoms with E-state index >= 15 is 0 Å². The summed E-state index contributed by atoms with van der Waals surface area (Å²) in [6.07, 6.45) is 5.12. The topological polar surface area (TPSA) is 24.7 Å². The molecule has 0 N–H and O–H groups in total. The normalized spacial score (nSPS) is 17.7. The van der Waals surface area contributed by atoms with Gasteiger partial charge in [0.1, 0.15) is 5.82 Å². The van der Waals surface area contributed by atoms with E-state index in [2.05, 4.69) is 23.6 Å². The molecule has 1 aliphatic heterocycles. The number of nitrogens with zero attached hydrogens (tertiary/aromatic N) is 2. The van der Waals surface area contributed by atoms with E-state index in [1.165, 1.54) is 5.57 Å². The molecule has 1 aliphatic rings. The Balaban J connectivity index is 2.83. The maximum absolute atomic E-state index is 4.13. The van der Waals surface area contributed by atoms with Gasteiger partial charge in [-0.25, -0.2) is 9.98 Å². The van der Waals surface area contributed by atoms with Gasteiger partial charge in [-0.1, -0.05) is 6.92 Å². The van der Waals surface area contributed by atoms with Crippen molar-refractivity contribution in [2.75, 3.05) is 0 Å². The second-order valence-corrected chi connectivity index (χ2v) is 2.29. The summed E-state index contributed by atoms with van der Waals surface area (Å²) < 4.78 is 0. The van der Waals surface area contributed by atoms with Gasteiger partial charge >= 0.3 is 0 Å². The van der Waals surface area contributed by atoms with Crippen LogP contribution in [-0.2, 0) is 0 Å². The summed E-state index contributed by atoms with van der Waals surface area (Å²) in [7, 11) is 0. The molecule has 2 heteroatoms. The van der Waals surface area contributed by atoms with Crippen LogP contribution in [0.4, 0.5) is 0 Å². The van der Waals surface area contributed by atoms with Gasteiger partial charge in [-0.3, -0.25) is 0 Å². The van der Waals surface area contributed by atoms with E-state index in [1.54, 1.807) is 0 Å². The fourth-order valence-corrected chi connectivity index (χ4v) is 1.08. The second-order valence-electron chi connectivity index (χ2n) is 2.29. The van der Waals surface area contributed by atoms with Crippen molar-refractivity contribution in [1.82, 2.24) is 0 Å². The van der Waals surface area contributed by atoms with E-state index in [4.69, 9.17) is 0 Å². The van der Waals surface area contributed by atoms with Gasteiger partial charge in [-0.2, -0.15) is 0 Å². The third-order valence-electron chi connectivity index (χ3n) is 1.68. The second kappa shape index (κ2) is 3.30. The molecule has 0 fully saturated rings. The van der Waals surface area contributed by atoms with Crippen LogP contribution in [0.15, 0.2) is 21.4 Å². The standard InChI is InChI=1S/C8H12N2/c1-3-7-5-4-6-10-8(7)9-2/h6H,2-5H2,1H3. The number of hydrogen-bond donors (Lipinski definition) is 0. The van der Waals surface area contributed by atoms with Gasteiger partial charge < -0.3 is 0 Å². The molecule has 0 aromatic heterocycles. The van der Waals surface area contributed by atoms with Crippen molar-refractivity contribution in [1.29, 1.82) is 0 Å². The lowest BCUT2D eigenvalue weighted by atomic mass is 10.1. The van der Waals surface area contributed by atoms with Gasteiger partial charge in [0.05, 0.1) is 0 Å². The first-order valence-electron chi connectivity index (χ1n) is 3.59. The number of hydrogen-bond acceptors (Lipinski definition) is 2. The van der Waals surface area contributed by atoms with Crippen molar-refractivity contribution in [2.24, 2.45) is 9.98 Å². The lowest BCUT2D eigenvalue weighted by Gasteiger charge is -2.08. The molecule has 0 aromatic rings. The minimum atomic E-state index is 0.841. The van der Waals surface area contributed by atoms with Crippen LogP contribution in [0.3, 0.4) is 0 Å². The van der Waals surface area contributed by atoms with Crippen LogP contribution in [0, 0.1) is 0 Å². The highest BCUT2D eigenvalue weighted by Gasteiger charge is 2.04. The molecule has 0 aromatic carbocycles. The molecule has 0 aliphatic carbocycles. The lowest BCUT2D eigenvalue weighted by molar-refractivity contribution is 0.877. The molecular formula is C8H12N2. The zero-order chi connectivity index (χ0) is 7.40. The van der Waals surface area contributed by atoms with Crippen molar-refractivity contribution >= 4 is 12.9 Å². The van der Waals surface area contributed by atoms with E-state index < -0.39 is 0 Å². The highest BCUT2D eigenvalue weighted by molar-refractivity contribution is 5.61. The maximum Gasteiger partial charge on any atom is 0.149 e. The number of allylic oxidation sites excluding steroid dienone is 1. The van der Waals surface area contributed by atoms with Crippen LogP contribution in [0.1, 0.15) is 26.2 Å². The highest BCUT2D eigenvalue weighted by atomic mass is 14.9. The average Bonchev–Trinajstić information content (AvgIpc) is 2.04. The summed E-state index contributed by atoms with van der Waals surface area (Å²) in [5.74, 6) is 0.841. The van der Waals surface area contributed by atoms with E-state index in [0.29, 0.717) is 0 Å². The summed E-state index contributed by atoms with van der Waals surface area (Å²) >= 11 is 0. The van der Waals surface area contributed by atoms with Crippen LogP contribution in [-0.4, -0.2) is 12.9 Å². The van der Waals surface area contributed by atoms with Crippen molar-refractivity contribution < 1.29 is 0 Å². The van der Waals surface area contributed by atoms with Crippen LogP contribution in [0.5, 0.6) is 0 Å². The largest absolute Gasteiger partial charge is 0.245 e. The van der Waals surface area contributed by atoms with Crippen LogP contribution < -0.4 is 0 Å². The van der Waals surface area contributed by atoms with E-state index in [-0.39, 0.29) is 0 Å². The fraction of sp³-hybridized carbons (Fsp3) is 0.500. The fourth-order valence-electron chi connectivity index (χ4n) is 1.08. The smallest absolute Gasteiger partial charge is 0.149 e. The molecule has 0 amide bonds. The molecule has 0 spiro atoms. The van der Waals surface area contributed by atoms with Gasteiger partial charge in [-0.05, 0) is 31.6 Å². The molecule has 0 bridgehead atoms. The van der Waals surface area contributed by atoms with E-state index in [1.807, 2.05) is 6.21 Å². The third kappa shape index (κ3) is 1.32. The molecular weight excluding hydrogens is 124 g/mol. The molecule has 10 heavy (non-hydrogen) atoms. The Bertz CT molecular complexity index is 189. The number of aliphatic imine (C=N–C) groups is 2. The van der Waals surface area contributed by atoms with Gasteiger partial charge in [0.15, 0.2) is 0 Å². The van der Waals surface area contributed by atoms with Gasteiger partial charge in [-0.15, -0.1) is 0 Å². The molecule has 0 unspecified atom stereocenters. The predicted octanol–water partition coefficient (Wildman–Crippen LogP) is 2.17. The first-order valence-corrected chi connectivity index (χ1v) is 3.59. The van der Waals surface area contributed by atoms with Gasteiger partial charge in [0, 0.05) is 6.21 Å². The summed E-state index contributed by atoms with van der Waals surface area (Å²) in [6.45, 7) is 5.59. The Kier molecular flexibility index (Phi) is 2.37. The zero-order valence-corrected chi connectivity index (χ0v) is 6.30. The van der Waals surface area contributed by atoms with E-state index in [9.17, 15) is 0 Å². The summed E-state index contributed by atoms with van der Waals surface area (Å²) in [5, 5.41) is 0. The molecule has 1 heterocycles.